The van der Waals surface area contributed by atoms with Crippen LogP contribution in [0.15, 0.2) is 24.3 Å². The third-order valence-electron chi connectivity index (χ3n) is 2.08. The number of H-pyrrole nitrogens is 1. The summed E-state index contributed by atoms with van der Waals surface area (Å²) in [5, 5.41) is 10.6. The lowest BCUT2D eigenvalue weighted by molar-refractivity contribution is 0.0972. The number of halogens is 1. The zero-order valence-corrected chi connectivity index (χ0v) is 8.93. The number of fused-ring (bicyclic) bond motifs is 1. The molecule has 0 fully saturated rings. The molecule has 0 atom stereocenters. The highest BCUT2D eigenvalue weighted by atomic mass is 35.5. The van der Waals surface area contributed by atoms with Crippen LogP contribution in [0.3, 0.4) is 0 Å². The molecular weight excluding hydrogens is 228 g/mol. The molecule has 0 aliphatic carbocycles. The van der Waals surface area contributed by atoms with Crippen LogP contribution in [0.1, 0.15) is 10.5 Å². The molecule has 0 saturated carbocycles. The normalized spacial score (nSPS) is 10.3. The van der Waals surface area contributed by atoms with E-state index in [0.29, 0.717) is 10.7 Å². The van der Waals surface area contributed by atoms with E-state index < -0.39 is 5.91 Å². The number of aromatic nitrogens is 1. The topological polar surface area (TPSA) is 94.8 Å². The second kappa shape index (κ2) is 3.86. The molecule has 6 heteroatoms. The van der Waals surface area contributed by atoms with E-state index in [1.54, 1.807) is 24.3 Å². The molecule has 5 N–H and O–H groups in total. The number of hydrogen-bond acceptors (Lipinski definition) is 2. The molecule has 0 saturated heterocycles. The first-order valence-corrected chi connectivity index (χ1v) is 4.88. The van der Waals surface area contributed by atoms with E-state index in [0.717, 1.165) is 10.9 Å². The fraction of sp³-hybridized carbons (Fsp3) is 0. The SMILES string of the molecule is N=C(N)NC(=O)c1cc2cc(Cl)ccc2[nH]1. The number of nitrogens with one attached hydrogen (secondary N) is 3. The maximum atomic E-state index is 11.5. The minimum absolute atomic E-state index is 0.340. The van der Waals surface area contributed by atoms with Crippen molar-refractivity contribution < 1.29 is 4.79 Å². The van der Waals surface area contributed by atoms with Gasteiger partial charge in [0.2, 0.25) is 0 Å². The van der Waals surface area contributed by atoms with Crippen LogP contribution in [0.25, 0.3) is 10.9 Å². The van der Waals surface area contributed by atoms with Gasteiger partial charge in [-0.3, -0.25) is 15.5 Å². The first-order valence-electron chi connectivity index (χ1n) is 4.50. The van der Waals surface area contributed by atoms with E-state index in [-0.39, 0.29) is 5.96 Å². The van der Waals surface area contributed by atoms with Crippen LogP contribution in [-0.2, 0) is 0 Å². The van der Waals surface area contributed by atoms with Gasteiger partial charge >= 0.3 is 0 Å². The lowest BCUT2D eigenvalue weighted by atomic mass is 10.2. The standard InChI is InChI=1S/C10H9ClN4O/c11-6-1-2-7-5(3-6)4-8(14-7)9(16)15-10(12)13/h1-4,14H,(H4,12,13,15,16). The maximum Gasteiger partial charge on any atom is 0.274 e. The molecule has 1 amide bonds. The third kappa shape index (κ3) is 1.99. The van der Waals surface area contributed by atoms with Gasteiger partial charge < -0.3 is 10.7 Å². The van der Waals surface area contributed by atoms with Crippen molar-refractivity contribution in [1.82, 2.24) is 10.3 Å². The summed E-state index contributed by atoms with van der Waals surface area (Å²) in [5.41, 5.74) is 6.21. The summed E-state index contributed by atoms with van der Waals surface area (Å²) in [5.74, 6) is -0.832. The van der Waals surface area contributed by atoms with Gasteiger partial charge in [-0.15, -0.1) is 0 Å². The van der Waals surface area contributed by atoms with E-state index in [1.165, 1.54) is 0 Å². The van der Waals surface area contributed by atoms with Gasteiger partial charge in [-0.25, -0.2) is 0 Å². The number of carbonyl (C=O) groups is 1. The predicted molar refractivity (Wildman–Crippen MR) is 62.7 cm³/mol. The van der Waals surface area contributed by atoms with Gasteiger partial charge in [-0.05, 0) is 24.3 Å². The fourth-order valence-electron chi connectivity index (χ4n) is 1.42. The van der Waals surface area contributed by atoms with Crippen LogP contribution in [-0.4, -0.2) is 16.9 Å². The molecule has 1 aromatic heterocycles. The highest BCUT2D eigenvalue weighted by Crippen LogP contribution is 2.19. The van der Waals surface area contributed by atoms with Gasteiger partial charge in [0, 0.05) is 15.9 Å². The molecule has 2 rings (SSSR count). The van der Waals surface area contributed by atoms with Crippen LogP contribution in [0.5, 0.6) is 0 Å². The first-order chi connectivity index (χ1) is 7.56. The van der Waals surface area contributed by atoms with Crippen LogP contribution in [0.4, 0.5) is 0 Å². The third-order valence-corrected chi connectivity index (χ3v) is 2.31. The summed E-state index contributed by atoms with van der Waals surface area (Å²) >= 11 is 5.82. The molecule has 0 unspecified atom stereocenters. The van der Waals surface area contributed by atoms with Crippen molar-refractivity contribution in [3.05, 3.63) is 35.0 Å². The molecule has 1 heterocycles. The van der Waals surface area contributed by atoms with E-state index in [4.69, 9.17) is 22.7 Å². The Morgan fingerprint density at radius 1 is 1.44 bits per heavy atom. The average Bonchev–Trinajstić information content (AvgIpc) is 2.59. The van der Waals surface area contributed by atoms with Crippen molar-refractivity contribution in [1.29, 1.82) is 5.41 Å². The van der Waals surface area contributed by atoms with E-state index >= 15 is 0 Å². The number of aromatic amines is 1. The van der Waals surface area contributed by atoms with Crippen molar-refractivity contribution in [3.8, 4) is 0 Å². The van der Waals surface area contributed by atoms with Crippen LogP contribution in [0.2, 0.25) is 5.02 Å². The Bertz CT molecular complexity index is 575. The summed E-state index contributed by atoms with van der Waals surface area (Å²) in [6.07, 6.45) is 0. The molecule has 0 aliphatic heterocycles. The number of nitrogens with two attached hydrogens (primary N) is 1. The number of hydrogen-bond donors (Lipinski definition) is 4. The minimum Gasteiger partial charge on any atom is -0.370 e. The Balaban J connectivity index is 2.39. The number of carbonyl (C=O) groups excluding carboxylic acids is 1. The lowest BCUT2D eigenvalue weighted by Gasteiger charge is -1.98. The Morgan fingerprint density at radius 3 is 2.88 bits per heavy atom. The average molecular weight is 237 g/mol. The summed E-state index contributed by atoms with van der Waals surface area (Å²) < 4.78 is 0. The van der Waals surface area contributed by atoms with Crippen molar-refractivity contribution in [2.75, 3.05) is 0 Å². The lowest BCUT2D eigenvalue weighted by Crippen LogP contribution is -2.35. The summed E-state index contributed by atoms with van der Waals surface area (Å²) in [4.78, 5) is 14.4. The van der Waals surface area contributed by atoms with Gasteiger partial charge in [0.05, 0.1) is 0 Å². The highest BCUT2D eigenvalue weighted by Gasteiger charge is 2.09. The van der Waals surface area contributed by atoms with Gasteiger partial charge in [0.15, 0.2) is 5.96 Å². The Kier molecular flexibility index (Phi) is 2.54. The largest absolute Gasteiger partial charge is 0.370 e. The van der Waals surface area contributed by atoms with Crippen molar-refractivity contribution in [2.24, 2.45) is 5.73 Å². The molecule has 0 aliphatic rings. The van der Waals surface area contributed by atoms with Crippen molar-refractivity contribution >= 4 is 34.4 Å². The maximum absolute atomic E-state index is 11.5. The number of guanidine groups is 1. The highest BCUT2D eigenvalue weighted by molar-refractivity contribution is 6.31. The Labute approximate surface area is 96.1 Å². The number of amides is 1. The number of benzene rings is 1. The Morgan fingerprint density at radius 2 is 2.19 bits per heavy atom. The summed E-state index contributed by atoms with van der Waals surface area (Å²) in [6, 6.07) is 6.91. The Hall–Kier alpha value is -2.01. The zero-order chi connectivity index (χ0) is 11.7. The van der Waals surface area contributed by atoms with Crippen LogP contribution < -0.4 is 11.1 Å². The monoisotopic (exact) mass is 236 g/mol. The minimum atomic E-state index is -0.445. The zero-order valence-electron chi connectivity index (χ0n) is 8.17. The predicted octanol–water partition coefficient (Wildman–Crippen LogP) is 1.44. The van der Waals surface area contributed by atoms with Crippen LogP contribution >= 0.6 is 11.6 Å². The van der Waals surface area contributed by atoms with Gasteiger partial charge in [0.1, 0.15) is 5.69 Å². The van der Waals surface area contributed by atoms with E-state index in [2.05, 4.69) is 10.3 Å². The second-order valence-corrected chi connectivity index (χ2v) is 3.72. The van der Waals surface area contributed by atoms with Crippen molar-refractivity contribution in [2.45, 2.75) is 0 Å². The molecule has 1 aromatic carbocycles. The van der Waals surface area contributed by atoms with E-state index in [9.17, 15) is 4.79 Å². The van der Waals surface area contributed by atoms with Gasteiger partial charge in [0.25, 0.3) is 5.91 Å². The van der Waals surface area contributed by atoms with Gasteiger partial charge in [-0.1, -0.05) is 11.6 Å². The molecule has 5 nitrogen and oxygen atoms in total. The van der Waals surface area contributed by atoms with Crippen molar-refractivity contribution in [3.63, 3.8) is 0 Å². The molecule has 0 bridgehead atoms. The molecule has 16 heavy (non-hydrogen) atoms. The summed E-state index contributed by atoms with van der Waals surface area (Å²) in [6.45, 7) is 0. The van der Waals surface area contributed by atoms with E-state index in [1.807, 2.05) is 0 Å². The molecule has 0 spiro atoms. The van der Waals surface area contributed by atoms with Gasteiger partial charge in [-0.2, -0.15) is 0 Å². The fourth-order valence-corrected chi connectivity index (χ4v) is 1.60. The van der Waals surface area contributed by atoms with Crippen LogP contribution in [0, 0.1) is 5.41 Å². The number of rotatable bonds is 1. The smallest absolute Gasteiger partial charge is 0.274 e. The second-order valence-electron chi connectivity index (χ2n) is 3.28. The molecular formula is C10H9ClN4O. The molecule has 82 valence electrons. The summed E-state index contributed by atoms with van der Waals surface area (Å²) in [7, 11) is 0. The first kappa shape index (κ1) is 10.5. The molecule has 0 radical (unpaired) electrons. The quantitative estimate of drug-likeness (QED) is 0.445. The molecule has 2 aromatic rings.